The third-order valence-corrected chi connectivity index (χ3v) is 4.11. The van der Waals surface area contributed by atoms with Crippen molar-refractivity contribution in [1.29, 1.82) is 0 Å². The summed E-state index contributed by atoms with van der Waals surface area (Å²) in [6.07, 6.45) is 1.48. The Bertz CT molecular complexity index is 1200. The highest BCUT2D eigenvalue weighted by atomic mass is 32.2. The number of H-pyrrole nitrogens is 4. The summed E-state index contributed by atoms with van der Waals surface area (Å²) in [6, 6.07) is 0. The van der Waals surface area contributed by atoms with Gasteiger partial charge in [0.25, 0.3) is 0 Å². The highest BCUT2D eigenvalue weighted by Gasteiger charge is 2.05. The second-order valence-electron chi connectivity index (χ2n) is 5.68. The van der Waals surface area contributed by atoms with E-state index in [1.165, 1.54) is 6.33 Å². The van der Waals surface area contributed by atoms with Crippen LogP contribution in [0.3, 0.4) is 0 Å². The van der Waals surface area contributed by atoms with Crippen molar-refractivity contribution in [3.8, 4) is 0 Å². The second-order valence-corrected chi connectivity index (χ2v) is 7.55. The average Bonchev–Trinajstić information content (AvgIpc) is 3.59. The maximum Gasteiger partial charge on any atom is 0.438 e. The summed E-state index contributed by atoms with van der Waals surface area (Å²) in [5.74, 6) is 2.82. The molecule has 4 aromatic rings. The molecule has 5 N–H and O–H groups in total. The van der Waals surface area contributed by atoms with E-state index in [4.69, 9.17) is 0 Å². The number of nitrogens with zero attached hydrogens (tertiary/aromatic N) is 6. The lowest BCUT2D eigenvalue weighted by atomic mass is 10.7. The summed E-state index contributed by atoms with van der Waals surface area (Å²) in [4.78, 5) is 32.6. The fourth-order valence-corrected chi connectivity index (χ4v) is 2.55. The molecule has 0 aliphatic carbocycles. The van der Waals surface area contributed by atoms with Gasteiger partial charge in [-0.15, -0.1) is 4.40 Å². The van der Waals surface area contributed by atoms with Crippen LogP contribution in [-0.4, -0.2) is 54.9 Å². The topological polar surface area (TPSA) is 239 Å². The van der Waals surface area contributed by atoms with Crippen LogP contribution in [0.15, 0.2) is 29.4 Å². The molecule has 17 nitrogen and oxygen atoms in total. The fourth-order valence-electron chi connectivity index (χ4n) is 1.42. The van der Waals surface area contributed by atoms with Gasteiger partial charge in [0.15, 0.2) is 0 Å². The van der Waals surface area contributed by atoms with E-state index < -0.39 is 17.0 Å². The normalized spacial score (nSPS) is 13.3. The van der Waals surface area contributed by atoms with Gasteiger partial charge in [-0.05, 0) is 46.8 Å². The molecule has 0 saturated carbocycles. The Hall–Kier alpha value is -3.62. The van der Waals surface area contributed by atoms with Gasteiger partial charge < -0.3 is 4.52 Å². The first-order valence-electron chi connectivity index (χ1n) is 8.85. The molecule has 0 amide bonds. The molecule has 1 aliphatic rings. The molecule has 1 aliphatic heterocycles. The van der Waals surface area contributed by atoms with E-state index in [0.29, 0.717) is 23.3 Å². The smallest absolute Gasteiger partial charge is 0.348 e. The van der Waals surface area contributed by atoms with Gasteiger partial charge in [0.1, 0.15) is 35.5 Å². The lowest BCUT2D eigenvalue weighted by Crippen LogP contribution is -2.11. The molecule has 20 heteroatoms. The van der Waals surface area contributed by atoms with Crippen molar-refractivity contribution >= 4 is 40.9 Å². The molecule has 5 rings (SSSR count). The minimum absolute atomic E-state index is 0.0856. The molecule has 0 saturated heterocycles. The molecule has 0 fully saturated rings. The summed E-state index contributed by atoms with van der Waals surface area (Å²) < 4.78 is 30.2. The van der Waals surface area contributed by atoms with Gasteiger partial charge in [0, 0.05) is 11.5 Å². The second kappa shape index (κ2) is 15.3. The van der Waals surface area contributed by atoms with Crippen LogP contribution in [0, 0.1) is 32.5 Å². The van der Waals surface area contributed by atoms with E-state index in [1.54, 1.807) is 27.7 Å². The van der Waals surface area contributed by atoms with Crippen molar-refractivity contribution < 1.29 is 17.5 Å². The van der Waals surface area contributed by atoms with Crippen molar-refractivity contribution in [1.82, 2.24) is 50.3 Å². The Morgan fingerprint density at radius 1 is 1.03 bits per heavy atom. The standard InChI is InChI=1S/C3H5N3.C3H4N2O2.2C3H4N2OS.C2H4N2O2S/c1-3-4-2-5-6-3;2*1-2-4-3(6)7-5-2;1-2-4-3(7)6-5-2;1-2-3-6-7(5)4-2/h2H,1H3,(H,4,5,6);2*1H3,(H,4,5,6);1H3,(H,4,5,7);1H3,(H,3,4). The monoisotopic (exact) mass is 535 g/mol. The number of aryl methyl sites for hydroxylation is 4. The molecule has 186 valence electrons. The average molecular weight is 536 g/mol. The first kappa shape index (κ1) is 28.4. The third-order valence-electron chi connectivity index (χ3n) is 2.65. The van der Waals surface area contributed by atoms with Crippen molar-refractivity contribution in [2.75, 3.05) is 0 Å². The van der Waals surface area contributed by atoms with E-state index in [0.717, 1.165) is 17.4 Å². The summed E-state index contributed by atoms with van der Waals surface area (Å²) in [5, 5.41) is 12.0. The van der Waals surface area contributed by atoms with Crippen LogP contribution >= 0.6 is 23.8 Å². The van der Waals surface area contributed by atoms with Crippen LogP contribution in [0.25, 0.3) is 0 Å². The van der Waals surface area contributed by atoms with E-state index in [-0.39, 0.29) is 9.71 Å². The quantitative estimate of drug-likeness (QED) is 0.193. The van der Waals surface area contributed by atoms with E-state index in [9.17, 15) is 13.8 Å². The number of hydroxylamine groups is 1. The first-order chi connectivity index (χ1) is 16.0. The van der Waals surface area contributed by atoms with Crippen LogP contribution in [0.4, 0.5) is 0 Å². The lowest BCUT2D eigenvalue weighted by molar-refractivity contribution is 0.304. The van der Waals surface area contributed by atoms with Crippen LogP contribution in [0.5, 0.6) is 0 Å². The van der Waals surface area contributed by atoms with Gasteiger partial charge in [-0.1, -0.05) is 5.16 Å². The number of hydrogen-bond donors (Lipinski definition) is 5. The summed E-state index contributed by atoms with van der Waals surface area (Å²) in [6.45, 7) is 8.69. The summed E-state index contributed by atoms with van der Waals surface area (Å²) in [7, 11) is 0. The van der Waals surface area contributed by atoms with Crippen LogP contribution < -0.4 is 16.1 Å². The van der Waals surface area contributed by atoms with Gasteiger partial charge in [-0.3, -0.25) is 24.4 Å². The number of aromatic amines is 4. The molecule has 5 heterocycles. The number of hydrogen-bond acceptors (Lipinski definition) is 14. The molecular formula is C14H21N11O6S3. The van der Waals surface area contributed by atoms with E-state index in [2.05, 4.69) is 80.2 Å². The molecule has 0 radical (unpaired) electrons. The molecule has 4 aromatic heterocycles. The Balaban J connectivity index is 0.000000213. The highest BCUT2D eigenvalue weighted by molar-refractivity contribution is 7.79. The maximum absolute atomic E-state index is 10.2. The number of aromatic nitrogens is 9. The Morgan fingerprint density at radius 2 is 1.76 bits per heavy atom. The van der Waals surface area contributed by atoms with E-state index in [1.807, 2.05) is 6.92 Å². The van der Waals surface area contributed by atoms with Crippen molar-refractivity contribution in [3.05, 3.63) is 54.7 Å². The summed E-state index contributed by atoms with van der Waals surface area (Å²) in [5.41, 5.74) is 2.32. The lowest BCUT2D eigenvalue weighted by Gasteiger charge is -1.83. The largest absolute Gasteiger partial charge is 0.438 e. The molecule has 1 unspecified atom stereocenters. The van der Waals surface area contributed by atoms with Crippen LogP contribution in [0.2, 0.25) is 0 Å². The highest BCUT2D eigenvalue weighted by Crippen LogP contribution is 1.92. The van der Waals surface area contributed by atoms with Gasteiger partial charge in [-0.2, -0.15) is 18.7 Å². The Morgan fingerprint density at radius 3 is 1.91 bits per heavy atom. The van der Waals surface area contributed by atoms with Crippen molar-refractivity contribution in [3.63, 3.8) is 0 Å². The van der Waals surface area contributed by atoms with Crippen LogP contribution in [0.1, 0.15) is 30.2 Å². The fraction of sp³-hybridized carbons (Fsp3) is 0.357. The number of amidine groups is 1. The molecule has 0 aromatic carbocycles. The summed E-state index contributed by atoms with van der Waals surface area (Å²) >= 11 is 3.99. The molecule has 0 bridgehead atoms. The molecule has 1 atom stereocenters. The zero-order chi connectivity index (χ0) is 25.5. The van der Waals surface area contributed by atoms with Crippen molar-refractivity contribution in [2.45, 2.75) is 34.6 Å². The van der Waals surface area contributed by atoms with Crippen LogP contribution in [-0.2, 0) is 15.6 Å². The SMILES string of the molecule is CC1=NS(=O)ON1.Cc1nc(=S)o[nH]1.Cc1ncn[nH]1.Cc1noc(=O)[nH]1.Cc1nsc(=O)[nH]1. The van der Waals surface area contributed by atoms with Gasteiger partial charge in [0.2, 0.25) is 0 Å². The van der Waals surface area contributed by atoms with E-state index >= 15 is 0 Å². The number of nitrogens with one attached hydrogen (secondary N) is 5. The predicted octanol–water partition coefficient (Wildman–Crippen LogP) is 0.483. The number of rotatable bonds is 0. The molecule has 0 spiro atoms. The first-order valence-corrected chi connectivity index (χ1v) is 11.1. The van der Waals surface area contributed by atoms with Crippen molar-refractivity contribution in [2.24, 2.45) is 4.40 Å². The minimum atomic E-state index is -1.48. The third kappa shape index (κ3) is 13.7. The molecule has 34 heavy (non-hydrogen) atoms. The Kier molecular flexibility index (Phi) is 12.8. The van der Waals surface area contributed by atoms with Gasteiger partial charge in [0.05, 0.1) is 0 Å². The Labute approximate surface area is 202 Å². The van der Waals surface area contributed by atoms with Gasteiger partial charge >= 0.3 is 26.7 Å². The van der Waals surface area contributed by atoms with Gasteiger partial charge in [-0.25, -0.2) is 24.6 Å². The predicted molar refractivity (Wildman–Crippen MR) is 122 cm³/mol. The zero-order valence-corrected chi connectivity index (χ0v) is 20.9. The minimum Gasteiger partial charge on any atom is -0.348 e. The molecular weight excluding hydrogens is 514 g/mol. The maximum atomic E-state index is 10.2. The zero-order valence-electron chi connectivity index (χ0n) is 18.4.